The molecule has 7 nitrogen and oxygen atoms in total. The highest BCUT2D eigenvalue weighted by Gasteiger charge is 2.26. The van der Waals surface area contributed by atoms with Gasteiger partial charge in [0.25, 0.3) is 0 Å². The van der Waals surface area contributed by atoms with Crippen molar-refractivity contribution in [3.05, 3.63) is 12.4 Å². The molecular weight excluding hydrogens is 257 g/mol. The smallest absolute Gasteiger partial charge is 0.303 e. The Labute approximate surface area is 107 Å². The molecule has 0 aliphatic carbocycles. The maximum Gasteiger partial charge on any atom is 0.471 e. The molecule has 1 aromatic heterocycles. The topological polar surface area (TPSA) is 84.6 Å². The number of nitrogens with zero attached hydrogens (tertiary/aromatic N) is 3. The molecule has 0 atom stereocenters. The lowest BCUT2D eigenvalue weighted by Gasteiger charge is -2.33. The van der Waals surface area contributed by atoms with Gasteiger partial charge >= 0.3 is 7.82 Å². The molecule has 0 aliphatic heterocycles. The molecule has 0 saturated carbocycles. The minimum absolute atomic E-state index is 0.249. The second-order valence-electron chi connectivity index (χ2n) is 4.08. The highest BCUT2D eigenvalue weighted by Crippen LogP contribution is 2.36. The van der Waals surface area contributed by atoms with Crippen molar-refractivity contribution >= 4 is 13.5 Å². The summed E-state index contributed by atoms with van der Waals surface area (Å²) >= 11 is 0. The van der Waals surface area contributed by atoms with Crippen LogP contribution in [0.25, 0.3) is 0 Å². The Hall–Kier alpha value is -0.720. The number of phosphoric ester groups is 1. The van der Waals surface area contributed by atoms with Gasteiger partial charge in [-0.2, -0.15) is 5.10 Å². The first-order valence-electron chi connectivity index (χ1n) is 5.96. The van der Waals surface area contributed by atoms with E-state index in [9.17, 15) is 4.57 Å². The Balaban J connectivity index is 2.82. The summed E-state index contributed by atoms with van der Waals surface area (Å²) < 4.78 is 17.2. The monoisotopic (exact) mass is 278 g/mol. The highest BCUT2D eigenvalue weighted by atomic mass is 31.2. The average Bonchev–Trinajstić information content (AvgIpc) is 2.78. The largest absolute Gasteiger partial charge is 0.471 e. The third kappa shape index (κ3) is 3.63. The fourth-order valence-electron chi connectivity index (χ4n) is 2.02. The Morgan fingerprint density at radius 1 is 1.33 bits per heavy atom. The quantitative estimate of drug-likeness (QED) is 0.580. The second kappa shape index (κ2) is 5.95. The van der Waals surface area contributed by atoms with Gasteiger partial charge in [-0.25, -0.2) is 9.25 Å². The van der Waals surface area contributed by atoms with Crippen LogP contribution >= 0.6 is 7.82 Å². The molecule has 0 fully saturated rings. The van der Waals surface area contributed by atoms with Crippen LogP contribution < -0.4 is 4.48 Å². The van der Waals surface area contributed by atoms with Crippen molar-refractivity contribution in [3.63, 3.8) is 0 Å². The molecule has 0 amide bonds. The van der Waals surface area contributed by atoms with E-state index in [1.165, 1.54) is 4.68 Å². The second-order valence-corrected chi connectivity index (χ2v) is 5.32. The molecule has 0 aliphatic rings. The van der Waals surface area contributed by atoms with Crippen LogP contribution in [0.15, 0.2) is 12.4 Å². The molecule has 8 heteroatoms. The van der Waals surface area contributed by atoms with Crippen LogP contribution in [0.4, 0.5) is 5.69 Å². The first kappa shape index (κ1) is 15.3. The molecular formula is C10H21N3O4P+. The first-order chi connectivity index (χ1) is 8.37. The molecule has 1 heterocycles. The Morgan fingerprint density at radius 2 is 1.89 bits per heavy atom. The zero-order chi connectivity index (χ0) is 13.8. The maximum absolute atomic E-state index is 10.6. The summed E-state index contributed by atoms with van der Waals surface area (Å²) in [6.45, 7) is 8.90. The van der Waals surface area contributed by atoms with Gasteiger partial charge in [-0.15, -0.1) is 0 Å². The number of hydrogen-bond acceptors (Lipinski definition) is 3. The van der Waals surface area contributed by atoms with Crippen molar-refractivity contribution in [2.75, 3.05) is 19.6 Å². The molecule has 0 unspecified atom stereocenters. The van der Waals surface area contributed by atoms with Crippen molar-refractivity contribution in [2.24, 2.45) is 0 Å². The van der Waals surface area contributed by atoms with Crippen LogP contribution in [0.3, 0.4) is 0 Å². The van der Waals surface area contributed by atoms with E-state index in [0.717, 1.165) is 29.8 Å². The molecule has 1 rings (SSSR count). The van der Waals surface area contributed by atoms with Gasteiger partial charge in [0.2, 0.25) is 0 Å². The summed E-state index contributed by atoms with van der Waals surface area (Å²) in [5.74, 6) is 0. The van der Waals surface area contributed by atoms with Gasteiger partial charge in [0.05, 0.1) is 25.8 Å². The summed E-state index contributed by atoms with van der Waals surface area (Å²) in [5.41, 5.74) is 1.02. The number of quaternary nitrogens is 1. The lowest BCUT2D eigenvalue weighted by molar-refractivity contribution is 0.145. The van der Waals surface area contributed by atoms with E-state index in [2.05, 4.69) is 30.4 Å². The molecule has 0 saturated heterocycles. The summed E-state index contributed by atoms with van der Waals surface area (Å²) in [5, 5.41) is 4.06. The Kier molecular flexibility index (Phi) is 5.07. The third-order valence-electron chi connectivity index (χ3n) is 3.34. The fourth-order valence-corrected chi connectivity index (χ4v) is 2.29. The molecule has 18 heavy (non-hydrogen) atoms. The molecule has 0 spiro atoms. The van der Waals surface area contributed by atoms with Gasteiger partial charge in [0.1, 0.15) is 6.20 Å². The number of rotatable bonds is 7. The molecule has 1 aromatic rings. The van der Waals surface area contributed by atoms with Crippen LogP contribution in [0.1, 0.15) is 20.8 Å². The van der Waals surface area contributed by atoms with Crippen molar-refractivity contribution in [2.45, 2.75) is 27.5 Å². The standard InChI is InChI=1S/C10H20N3O4P/c1-4-13(5-2,6-3)10-7-11-12(8-10)9-17-18(14,15)16/h7-8H,4-6,9H2,1-3H3,(H-,14,15,16)/p+1. The summed E-state index contributed by atoms with van der Waals surface area (Å²) in [6, 6.07) is 0. The van der Waals surface area contributed by atoms with E-state index in [-0.39, 0.29) is 6.73 Å². The van der Waals surface area contributed by atoms with E-state index in [1.807, 2.05) is 0 Å². The normalized spacial score (nSPS) is 12.9. The van der Waals surface area contributed by atoms with Crippen LogP contribution in [0, 0.1) is 0 Å². The van der Waals surface area contributed by atoms with Crippen molar-refractivity contribution in [1.29, 1.82) is 0 Å². The predicted octanol–water partition coefficient (Wildman–Crippen LogP) is 1.32. The van der Waals surface area contributed by atoms with E-state index in [0.29, 0.717) is 0 Å². The fraction of sp³-hybridized carbons (Fsp3) is 0.700. The SMILES string of the molecule is CC[N+](CC)(CC)c1cnn(COP(=O)(O)O)c1. The van der Waals surface area contributed by atoms with Crippen molar-refractivity contribution in [3.8, 4) is 0 Å². The van der Waals surface area contributed by atoms with E-state index >= 15 is 0 Å². The minimum atomic E-state index is -4.45. The van der Waals surface area contributed by atoms with Crippen molar-refractivity contribution in [1.82, 2.24) is 14.3 Å². The molecule has 104 valence electrons. The summed E-state index contributed by atoms with van der Waals surface area (Å²) in [6.07, 6.45) is 3.49. The zero-order valence-corrected chi connectivity index (χ0v) is 11.9. The van der Waals surface area contributed by atoms with E-state index < -0.39 is 7.82 Å². The van der Waals surface area contributed by atoms with Gasteiger partial charge in [0.15, 0.2) is 12.4 Å². The maximum atomic E-state index is 10.6. The Morgan fingerprint density at radius 3 is 2.33 bits per heavy atom. The van der Waals surface area contributed by atoms with Crippen LogP contribution in [0.5, 0.6) is 0 Å². The number of aromatic nitrogens is 2. The Bertz CT molecular complexity index is 416. The van der Waals surface area contributed by atoms with Gasteiger partial charge < -0.3 is 9.79 Å². The molecule has 0 bridgehead atoms. The predicted molar refractivity (Wildman–Crippen MR) is 68.8 cm³/mol. The van der Waals surface area contributed by atoms with Gasteiger partial charge in [-0.1, -0.05) is 0 Å². The van der Waals surface area contributed by atoms with Crippen LogP contribution in [-0.2, 0) is 15.8 Å². The van der Waals surface area contributed by atoms with Gasteiger partial charge in [-0.3, -0.25) is 9.01 Å². The van der Waals surface area contributed by atoms with Crippen LogP contribution in [-0.4, -0.2) is 39.2 Å². The number of hydrogen-bond donors (Lipinski definition) is 2. The average molecular weight is 278 g/mol. The highest BCUT2D eigenvalue weighted by molar-refractivity contribution is 7.46. The third-order valence-corrected chi connectivity index (χ3v) is 3.79. The molecule has 0 aromatic carbocycles. The molecule has 2 N–H and O–H groups in total. The summed E-state index contributed by atoms with van der Waals surface area (Å²) in [4.78, 5) is 17.3. The molecule has 0 radical (unpaired) electrons. The van der Waals surface area contributed by atoms with Gasteiger partial charge in [-0.05, 0) is 20.8 Å². The summed E-state index contributed by atoms with van der Waals surface area (Å²) in [7, 11) is -4.45. The van der Waals surface area contributed by atoms with Gasteiger partial charge in [0, 0.05) is 0 Å². The zero-order valence-electron chi connectivity index (χ0n) is 11.0. The van der Waals surface area contributed by atoms with E-state index in [4.69, 9.17) is 9.79 Å². The number of phosphoric acid groups is 1. The first-order valence-corrected chi connectivity index (χ1v) is 7.49. The lowest BCUT2D eigenvalue weighted by Crippen LogP contribution is -2.48. The van der Waals surface area contributed by atoms with Crippen molar-refractivity contribution < 1.29 is 18.9 Å². The van der Waals surface area contributed by atoms with Crippen LogP contribution in [0.2, 0.25) is 0 Å². The van der Waals surface area contributed by atoms with E-state index in [1.54, 1.807) is 12.4 Å². The minimum Gasteiger partial charge on any atom is -0.303 e. The lowest BCUT2D eigenvalue weighted by atomic mass is 10.3.